The summed E-state index contributed by atoms with van der Waals surface area (Å²) in [6, 6.07) is 5.56. The lowest BCUT2D eigenvalue weighted by Crippen LogP contribution is -2.23. The summed E-state index contributed by atoms with van der Waals surface area (Å²) in [7, 11) is 1.88. The molecule has 0 spiro atoms. The Morgan fingerprint density at radius 3 is 1.95 bits per heavy atom. The van der Waals surface area contributed by atoms with E-state index in [4.69, 9.17) is 0 Å². The Hall–Kier alpha value is -1.03. The van der Waals surface area contributed by atoms with Crippen molar-refractivity contribution < 1.29 is 13.2 Å². The molecule has 4 heteroatoms. The maximum absolute atomic E-state index is 12.5. The van der Waals surface area contributed by atoms with Crippen LogP contribution in [-0.4, -0.2) is 13.6 Å². The molecular weight excluding hydrogens is 251 g/mol. The minimum Gasteiger partial charge on any atom is -0.320 e. The molecule has 0 saturated heterocycles. The van der Waals surface area contributed by atoms with Crippen molar-refractivity contribution >= 4 is 0 Å². The summed E-state index contributed by atoms with van der Waals surface area (Å²) in [5.41, 5.74) is 0.407. The number of nitrogens with one attached hydrogen (secondary N) is 1. The minimum atomic E-state index is -4.26. The molecule has 1 aromatic carbocycles. The molecule has 0 amide bonds. The lowest BCUT2D eigenvalue weighted by Gasteiger charge is -2.31. The van der Waals surface area contributed by atoms with Crippen LogP contribution in [-0.2, 0) is 6.18 Å². The molecule has 0 bridgehead atoms. The van der Waals surface area contributed by atoms with Gasteiger partial charge in [-0.15, -0.1) is 0 Å². The lowest BCUT2D eigenvalue weighted by molar-refractivity contribution is -0.137. The van der Waals surface area contributed by atoms with Crippen LogP contribution in [0, 0.1) is 5.41 Å². The van der Waals surface area contributed by atoms with Crippen LogP contribution in [0.3, 0.4) is 0 Å². The highest BCUT2D eigenvalue weighted by Crippen LogP contribution is 2.38. The van der Waals surface area contributed by atoms with Crippen LogP contribution in [0.15, 0.2) is 24.3 Å². The average molecular weight is 273 g/mol. The second kappa shape index (κ2) is 5.95. The second-order valence-electron chi connectivity index (χ2n) is 5.93. The third-order valence-corrected chi connectivity index (χ3v) is 3.37. The fourth-order valence-corrected chi connectivity index (χ4v) is 2.29. The first-order valence-corrected chi connectivity index (χ1v) is 6.48. The zero-order chi connectivity index (χ0) is 14.7. The molecular formula is C15H22F3N. The zero-order valence-corrected chi connectivity index (χ0v) is 11.9. The fraction of sp³-hybridized carbons (Fsp3) is 0.600. The van der Waals surface area contributed by atoms with E-state index < -0.39 is 11.7 Å². The van der Waals surface area contributed by atoms with E-state index in [0.717, 1.165) is 18.5 Å². The molecule has 1 atom stereocenters. The molecule has 0 saturated carbocycles. The summed E-state index contributed by atoms with van der Waals surface area (Å²) in [5, 5.41) is 3.10. The molecule has 108 valence electrons. The van der Waals surface area contributed by atoms with Crippen LogP contribution in [0.5, 0.6) is 0 Å². The first-order chi connectivity index (χ1) is 8.66. The van der Waals surface area contributed by atoms with Gasteiger partial charge in [-0.05, 0) is 49.0 Å². The van der Waals surface area contributed by atoms with Gasteiger partial charge in [0.15, 0.2) is 0 Å². The topological polar surface area (TPSA) is 12.0 Å². The summed E-state index contributed by atoms with van der Waals surface area (Å²) < 4.78 is 37.6. The Kier molecular flexibility index (Phi) is 5.02. The van der Waals surface area contributed by atoms with Gasteiger partial charge in [0, 0.05) is 0 Å². The number of hydrogen-bond acceptors (Lipinski definition) is 1. The van der Waals surface area contributed by atoms with Crippen molar-refractivity contribution in [2.45, 2.75) is 39.3 Å². The minimum absolute atomic E-state index is 0.0244. The molecule has 1 unspecified atom stereocenters. The average Bonchev–Trinajstić information content (AvgIpc) is 2.27. The van der Waals surface area contributed by atoms with E-state index in [9.17, 15) is 13.2 Å². The summed E-state index contributed by atoms with van der Waals surface area (Å²) in [6.07, 6.45) is -3.36. The molecule has 0 aliphatic rings. The van der Waals surface area contributed by atoms with Crippen molar-refractivity contribution in [3.8, 4) is 0 Å². The van der Waals surface area contributed by atoms with Crippen molar-refractivity contribution in [1.29, 1.82) is 0 Å². The van der Waals surface area contributed by atoms with Gasteiger partial charge in [-0.25, -0.2) is 0 Å². The Morgan fingerprint density at radius 2 is 1.58 bits per heavy atom. The van der Waals surface area contributed by atoms with Crippen molar-refractivity contribution in [3.05, 3.63) is 35.4 Å². The van der Waals surface area contributed by atoms with E-state index in [2.05, 4.69) is 26.1 Å². The molecule has 19 heavy (non-hydrogen) atoms. The molecule has 1 N–H and O–H groups in total. The highest BCUT2D eigenvalue weighted by molar-refractivity contribution is 5.28. The van der Waals surface area contributed by atoms with Crippen LogP contribution in [0.2, 0.25) is 0 Å². The molecule has 1 nitrogen and oxygen atoms in total. The Labute approximate surface area is 113 Å². The monoisotopic (exact) mass is 273 g/mol. The van der Waals surface area contributed by atoms with Crippen LogP contribution < -0.4 is 5.32 Å². The van der Waals surface area contributed by atoms with E-state index in [-0.39, 0.29) is 11.3 Å². The van der Waals surface area contributed by atoms with E-state index >= 15 is 0 Å². The van der Waals surface area contributed by atoms with Gasteiger partial charge in [0.25, 0.3) is 0 Å². The van der Waals surface area contributed by atoms with Crippen molar-refractivity contribution in [2.75, 3.05) is 13.6 Å². The smallest absolute Gasteiger partial charge is 0.320 e. The second-order valence-corrected chi connectivity index (χ2v) is 5.93. The van der Waals surface area contributed by atoms with E-state index in [0.29, 0.717) is 0 Å². The predicted molar refractivity (Wildman–Crippen MR) is 72.2 cm³/mol. The van der Waals surface area contributed by atoms with E-state index in [1.165, 1.54) is 12.1 Å². The first-order valence-electron chi connectivity index (χ1n) is 6.48. The standard InChI is InChI=1S/C15H22F3N/c1-14(2,3)13(9-10-19-4)11-5-7-12(8-6-11)15(16,17)18/h5-8,13,19H,9-10H2,1-4H3. The molecule has 1 aromatic rings. The van der Waals surface area contributed by atoms with Crippen molar-refractivity contribution in [3.63, 3.8) is 0 Å². The van der Waals surface area contributed by atoms with Gasteiger partial charge in [0.2, 0.25) is 0 Å². The van der Waals surface area contributed by atoms with Gasteiger partial charge in [-0.1, -0.05) is 32.9 Å². The summed E-state index contributed by atoms with van der Waals surface area (Å²) in [4.78, 5) is 0. The Balaban J connectivity index is 2.98. The van der Waals surface area contributed by atoms with Crippen molar-refractivity contribution in [2.24, 2.45) is 5.41 Å². The molecule has 0 radical (unpaired) electrons. The lowest BCUT2D eigenvalue weighted by atomic mass is 9.74. The number of hydrogen-bond donors (Lipinski definition) is 1. The highest BCUT2D eigenvalue weighted by atomic mass is 19.4. The quantitative estimate of drug-likeness (QED) is 0.855. The van der Waals surface area contributed by atoms with Crippen LogP contribution in [0.1, 0.15) is 44.2 Å². The normalized spacial score (nSPS) is 14.5. The third-order valence-electron chi connectivity index (χ3n) is 3.37. The molecule has 0 aromatic heterocycles. The highest BCUT2D eigenvalue weighted by Gasteiger charge is 2.31. The van der Waals surface area contributed by atoms with E-state index in [1.807, 2.05) is 7.05 Å². The Morgan fingerprint density at radius 1 is 1.05 bits per heavy atom. The molecule has 1 rings (SSSR count). The number of benzene rings is 1. The number of rotatable bonds is 4. The van der Waals surface area contributed by atoms with Crippen LogP contribution in [0.25, 0.3) is 0 Å². The number of halogens is 3. The summed E-state index contributed by atoms with van der Waals surface area (Å²) >= 11 is 0. The molecule has 0 fully saturated rings. The third kappa shape index (κ3) is 4.53. The van der Waals surface area contributed by atoms with Gasteiger partial charge < -0.3 is 5.32 Å². The molecule has 0 aliphatic carbocycles. The maximum atomic E-state index is 12.5. The fourth-order valence-electron chi connectivity index (χ4n) is 2.29. The molecule has 0 aliphatic heterocycles. The van der Waals surface area contributed by atoms with Crippen molar-refractivity contribution in [1.82, 2.24) is 5.32 Å². The maximum Gasteiger partial charge on any atom is 0.416 e. The molecule has 0 heterocycles. The van der Waals surface area contributed by atoms with Gasteiger partial charge >= 0.3 is 6.18 Å². The zero-order valence-electron chi connectivity index (χ0n) is 11.9. The largest absolute Gasteiger partial charge is 0.416 e. The van der Waals surface area contributed by atoms with Gasteiger partial charge in [-0.2, -0.15) is 13.2 Å². The number of alkyl halides is 3. The van der Waals surface area contributed by atoms with Crippen LogP contribution in [0.4, 0.5) is 13.2 Å². The van der Waals surface area contributed by atoms with Gasteiger partial charge in [0.1, 0.15) is 0 Å². The van der Waals surface area contributed by atoms with E-state index in [1.54, 1.807) is 12.1 Å². The summed E-state index contributed by atoms with van der Waals surface area (Å²) in [5.74, 6) is 0.238. The summed E-state index contributed by atoms with van der Waals surface area (Å²) in [6.45, 7) is 7.20. The first kappa shape index (κ1) is 16.0. The van der Waals surface area contributed by atoms with Gasteiger partial charge in [0.05, 0.1) is 5.56 Å². The van der Waals surface area contributed by atoms with Gasteiger partial charge in [-0.3, -0.25) is 0 Å². The van der Waals surface area contributed by atoms with Crippen LogP contribution >= 0.6 is 0 Å². The SMILES string of the molecule is CNCCC(c1ccc(C(F)(F)F)cc1)C(C)(C)C. The Bertz CT molecular complexity index is 387. The predicted octanol–water partition coefficient (Wildman–Crippen LogP) is 4.44.